The van der Waals surface area contributed by atoms with Crippen molar-refractivity contribution in [3.63, 3.8) is 0 Å². The van der Waals surface area contributed by atoms with Crippen molar-refractivity contribution in [2.24, 2.45) is 0 Å². The molecule has 0 atom stereocenters. The Bertz CT molecular complexity index is 480. The number of alkyl halides is 1. The standard InChI is InChI=1S/C12H13ClN2/c1-15(2)12-11-6-4-3-5-10(11)9(7-13)8-14-12/h3-6,8H,7H2,1-2H3. The van der Waals surface area contributed by atoms with Gasteiger partial charge in [0.15, 0.2) is 0 Å². The van der Waals surface area contributed by atoms with E-state index in [0.717, 1.165) is 16.8 Å². The van der Waals surface area contributed by atoms with E-state index in [1.165, 1.54) is 5.39 Å². The average Bonchev–Trinajstić information content (AvgIpc) is 2.27. The summed E-state index contributed by atoms with van der Waals surface area (Å²) in [6.45, 7) is 0. The summed E-state index contributed by atoms with van der Waals surface area (Å²) in [5, 5.41) is 2.34. The molecule has 0 bridgehead atoms. The van der Waals surface area contributed by atoms with Gasteiger partial charge in [-0.05, 0) is 10.9 Å². The molecule has 78 valence electrons. The molecule has 15 heavy (non-hydrogen) atoms. The molecule has 0 unspecified atom stereocenters. The third kappa shape index (κ3) is 1.77. The van der Waals surface area contributed by atoms with Crippen molar-refractivity contribution in [2.75, 3.05) is 19.0 Å². The van der Waals surface area contributed by atoms with Crippen molar-refractivity contribution in [3.8, 4) is 0 Å². The van der Waals surface area contributed by atoms with Crippen LogP contribution in [0.2, 0.25) is 0 Å². The number of hydrogen-bond acceptors (Lipinski definition) is 2. The summed E-state index contributed by atoms with van der Waals surface area (Å²) in [4.78, 5) is 6.43. The van der Waals surface area contributed by atoms with Crippen LogP contribution >= 0.6 is 11.6 Å². The van der Waals surface area contributed by atoms with Gasteiger partial charge in [-0.1, -0.05) is 24.3 Å². The SMILES string of the molecule is CN(C)c1ncc(CCl)c2ccccc12. The summed E-state index contributed by atoms with van der Waals surface area (Å²) >= 11 is 5.88. The number of hydrogen-bond donors (Lipinski definition) is 0. The Morgan fingerprint density at radius 2 is 1.87 bits per heavy atom. The number of halogens is 1. The van der Waals surface area contributed by atoms with Gasteiger partial charge >= 0.3 is 0 Å². The van der Waals surface area contributed by atoms with Crippen LogP contribution in [-0.2, 0) is 5.88 Å². The van der Waals surface area contributed by atoms with Crippen LogP contribution < -0.4 is 4.90 Å². The lowest BCUT2D eigenvalue weighted by atomic mass is 10.1. The maximum absolute atomic E-state index is 5.88. The fraction of sp³-hybridized carbons (Fsp3) is 0.250. The fourth-order valence-electron chi connectivity index (χ4n) is 1.70. The first-order valence-electron chi connectivity index (χ1n) is 4.84. The molecule has 1 aromatic heterocycles. The van der Waals surface area contributed by atoms with Crippen LogP contribution in [0.4, 0.5) is 5.82 Å². The van der Waals surface area contributed by atoms with Crippen molar-refractivity contribution in [3.05, 3.63) is 36.0 Å². The van der Waals surface area contributed by atoms with Gasteiger partial charge in [0.1, 0.15) is 5.82 Å². The Labute approximate surface area is 94.5 Å². The summed E-state index contributed by atoms with van der Waals surface area (Å²) in [5.74, 6) is 1.49. The molecule has 3 heteroatoms. The van der Waals surface area contributed by atoms with E-state index in [-0.39, 0.29) is 0 Å². The van der Waals surface area contributed by atoms with Gasteiger partial charge in [-0.15, -0.1) is 11.6 Å². The molecule has 0 radical (unpaired) electrons. The first-order valence-corrected chi connectivity index (χ1v) is 5.37. The second kappa shape index (κ2) is 4.07. The van der Waals surface area contributed by atoms with E-state index >= 15 is 0 Å². The zero-order valence-corrected chi connectivity index (χ0v) is 9.62. The molecule has 0 spiro atoms. The summed E-state index contributed by atoms with van der Waals surface area (Å²) in [6, 6.07) is 8.21. The van der Waals surface area contributed by atoms with Crippen molar-refractivity contribution in [2.45, 2.75) is 5.88 Å². The Hall–Kier alpha value is -1.28. The number of nitrogens with zero attached hydrogens (tertiary/aromatic N) is 2. The second-order valence-electron chi connectivity index (χ2n) is 3.68. The Morgan fingerprint density at radius 1 is 1.20 bits per heavy atom. The van der Waals surface area contributed by atoms with Gasteiger partial charge in [-0.2, -0.15) is 0 Å². The van der Waals surface area contributed by atoms with Crippen LogP contribution in [0.25, 0.3) is 10.8 Å². The highest BCUT2D eigenvalue weighted by Gasteiger charge is 2.07. The molecule has 0 aliphatic rings. The van der Waals surface area contributed by atoms with Crippen LogP contribution in [0.3, 0.4) is 0 Å². The minimum absolute atomic E-state index is 0.501. The summed E-state index contributed by atoms with van der Waals surface area (Å²) in [5.41, 5.74) is 1.08. The van der Waals surface area contributed by atoms with Crippen molar-refractivity contribution >= 4 is 28.2 Å². The monoisotopic (exact) mass is 220 g/mol. The van der Waals surface area contributed by atoms with E-state index in [4.69, 9.17) is 11.6 Å². The van der Waals surface area contributed by atoms with Gasteiger partial charge in [0.05, 0.1) is 0 Å². The zero-order chi connectivity index (χ0) is 10.8. The van der Waals surface area contributed by atoms with Crippen molar-refractivity contribution in [1.29, 1.82) is 0 Å². The highest BCUT2D eigenvalue weighted by Crippen LogP contribution is 2.26. The van der Waals surface area contributed by atoms with Gasteiger partial charge in [-0.3, -0.25) is 0 Å². The quantitative estimate of drug-likeness (QED) is 0.724. The lowest BCUT2D eigenvalue weighted by Crippen LogP contribution is -2.11. The third-order valence-electron chi connectivity index (χ3n) is 2.42. The number of fused-ring (bicyclic) bond motifs is 1. The van der Waals surface area contributed by atoms with Gasteiger partial charge in [0, 0.05) is 31.6 Å². The highest BCUT2D eigenvalue weighted by molar-refractivity contribution is 6.18. The Balaban J connectivity index is 2.77. The molecular formula is C12H13ClN2. The lowest BCUT2D eigenvalue weighted by Gasteiger charge is -2.15. The Morgan fingerprint density at radius 3 is 2.47 bits per heavy atom. The molecule has 0 N–H and O–H groups in total. The first kappa shape index (κ1) is 10.2. The number of benzene rings is 1. The maximum atomic E-state index is 5.88. The van der Waals surface area contributed by atoms with Gasteiger partial charge < -0.3 is 4.90 Å². The Kier molecular flexibility index (Phi) is 2.78. The number of pyridine rings is 1. The fourth-order valence-corrected chi connectivity index (χ4v) is 1.91. The minimum Gasteiger partial charge on any atom is -0.362 e. The number of anilines is 1. The van der Waals surface area contributed by atoms with Gasteiger partial charge in [0.25, 0.3) is 0 Å². The van der Waals surface area contributed by atoms with Crippen molar-refractivity contribution in [1.82, 2.24) is 4.98 Å². The average molecular weight is 221 g/mol. The van der Waals surface area contributed by atoms with Crippen LogP contribution in [-0.4, -0.2) is 19.1 Å². The largest absolute Gasteiger partial charge is 0.362 e. The molecular weight excluding hydrogens is 208 g/mol. The van der Waals surface area contributed by atoms with E-state index < -0.39 is 0 Å². The highest BCUT2D eigenvalue weighted by atomic mass is 35.5. The molecule has 2 rings (SSSR count). The van der Waals surface area contributed by atoms with Crippen LogP contribution in [0.15, 0.2) is 30.5 Å². The molecule has 0 fully saturated rings. The molecule has 0 saturated heterocycles. The molecule has 0 saturated carbocycles. The zero-order valence-electron chi connectivity index (χ0n) is 8.87. The predicted molar refractivity (Wildman–Crippen MR) is 65.6 cm³/mol. The van der Waals surface area contributed by atoms with Crippen molar-refractivity contribution < 1.29 is 0 Å². The molecule has 0 aliphatic heterocycles. The maximum Gasteiger partial charge on any atom is 0.135 e. The smallest absolute Gasteiger partial charge is 0.135 e. The topological polar surface area (TPSA) is 16.1 Å². The van der Waals surface area contributed by atoms with E-state index in [9.17, 15) is 0 Å². The summed E-state index contributed by atoms with van der Waals surface area (Å²) in [6.07, 6.45) is 1.85. The van der Waals surface area contributed by atoms with Crippen LogP contribution in [0, 0.1) is 0 Å². The van der Waals surface area contributed by atoms with Crippen LogP contribution in [0.1, 0.15) is 5.56 Å². The molecule has 0 aliphatic carbocycles. The van der Waals surface area contributed by atoms with E-state index in [2.05, 4.69) is 17.1 Å². The number of rotatable bonds is 2. The molecule has 0 amide bonds. The lowest BCUT2D eigenvalue weighted by molar-refractivity contribution is 1.08. The van der Waals surface area contributed by atoms with Crippen LogP contribution in [0.5, 0.6) is 0 Å². The molecule has 1 aromatic carbocycles. The molecule has 2 aromatic rings. The molecule has 1 heterocycles. The van der Waals surface area contributed by atoms with Gasteiger partial charge in [0.2, 0.25) is 0 Å². The second-order valence-corrected chi connectivity index (χ2v) is 3.95. The normalized spacial score (nSPS) is 10.6. The molecule has 2 nitrogen and oxygen atoms in total. The summed E-state index contributed by atoms with van der Waals surface area (Å²) < 4.78 is 0. The predicted octanol–water partition coefficient (Wildman–Crippen LogP) is 3.04. The summed E-state index contributed by atoms with van der Waals surface area (Å²) in [7, 11) is 3.99. The van der Waals surface area contributed by atoms with Gasteiger partial charge in [-0.25, -0.2) is 4.98 Å². The minimum atomic E-state index is 0.501. The first-order chi connectivity index (χ1) is 7.24. The van der Waals surface area contributed by atoms with E-state index in [0.29, 0.717) is 5.88 Å². The van der Waals surface area contributed by atoms with E-state index in [1.807, 2.05) is 37.3 Å². The third-order valence-corrected chi connectivity index (χ3v) is 2.71. The van der Waals surface area contributed by atoms with E-state index in [1.54, 1.807) is 0 Å². The number of aromatic nitrogens is 1.